The normalized spacial score (nSPS) is 20.5. The summed E-state index contributed by atoms with van der Waals surface area (Å²) in [6.07, 6.45) is 2.12. The highest BCUT2D eigenvalue weighted by Gasteiger charge is 2.27. The molecule has 0 spiro atoms. The van der Waals surface area contributed by atoms with Gasteiger partial charge in [0.2, 0.25) is 0 Å². The Hall–Kier alpha value is -1.75. The molecule has 0 aliphatic carbocycles. The molecule has 2 aliphatic rings. The number of likely N-dealkylation sites (tertiary alicyclic amines) is 1. The zero-order chi connectivity index (χ0) is 15.6. The average molecular weight is 303 g/mol. The first-order valence-corrected chi connectivity index (χ1v) is 8.06. The number of hydrogen-bond donors (Lipinski definition) is 2. The van der Waals surface area contributed by atoms with E-state index in [1.807, 2.05) is 23.1 Å². The van der Waals surface area contributed by atoms with Crippen molar-refractivity contribution in [3.63, 3.8) is 0 Å². The summed E-state index contributed by atoms with van der Waals surface area (Å²) in [7, 11) is 0. The number of anilines is 1. The first-order valence-electron chi connectivity index (χ1n) is 8.06. The highest BCUT2D eigenvalue weighted by atomic mass is 16.5. The second-order valence-electron chi connectivity index (χ2n) is 6.93. The summed E-state index contributed by atoms with van der Waals surface area (Å²) in [5, 5.41) is 6.32. The minimum absolute atomic E-state index is 0.00190. The third-order valence-electron chi connectivity index (χ3n) is 4.57. The van der Waals surface area contributed by atoms with Crippen molar-refractivity contribution in [1.29, 1.82) is 0 Å². The number of rotatable bonds is 1. The Labute approximate surface area is 132 Å². The Bertz CT molecular complexity index is 547. The lowest BCUT2D eigenvalue weighted by Gasteiger charge is -2.36. The van der Waals surface area contributed by atoms with E-state index in [2.05, 4.69) is 24.5 Å². The van der Waals surface area contributed by atoms with Crippen LogP contribution in [0.2, 0.25) is 0 Å². The highest BCUT2D eigenvalue weighted by molar-refractivity contribution is 5.89. The fourth-order valence-corrected chi connectivity index (χ4v) is 2.91. The van der Waals surface area contributed by atoms with Crippen molar-refractivity contribution in [2.75, 3.05) is 31.6 Å². The zero-order valence-corrected chi connectivity index (χ0v) is 13.4. The van der Waals surface area contributed by atoms with Crippen molar-refractivity contribution in [3.05, 3.63) is 23.8 Å². The number of fused-ring (bicyclic) bond motifs is 1. The van der Waals surface area contributed by atoms with Crippen LogP contribution in [0.3, 0.4) is 0 Å². The van der Waals surface area contributed by atoms with Crippen LogP contribution >= 0.6 is 0 Å². The molecule has 0 aromatic heterocycles. The van der Waals surface area contributed by atoms with E-state index in [0.717, 1.165) is 56.0 Å². The Morgan fingerprint density at radius 2 is 2.09 bits per heavy atom. The molecule has 2 amide bonds. The number of piperidine rings is 1. The van der Waals surface area contributed by atoms with Gasteiger partial charge in [-0.2, -0.15) is 0 Å². The topological polar surface area (TPSA) is 53.6 Å². The van der Waals surface area contributed by atoms with E-state index in [-0.39, 0.29) is 6.03 Å². The van der Waals surface area contributed by atoms with E-state index in [0.29, 0.717) is 12.0 Å². The average Bonchev–Trinajstić information content (AvgIpc) is 2.71. The predicted molar refractivity (Wildman–Crippen MR) is 87.3 cm³/mol. The summed E-state index contributed by atoms with van der Waals surface area (Å²) in [4.78, 5) is 14.3. The van der Waals surface area contributed by atoms with Crippen molar-refractivity contribution in [2.24, 2.45) is 5.41 Å². The largest absolute Gasteiger partial charge is 0.492 e. The van der Waals surface area contributed by atoms with Gasteiger partial charge < -0.3 is 20.3 Å². The van der Waals surface area contributed by atoms with Gasteiger partial charge in [0, 0.05) is 37.4 Å². The van der Waals surface area contributed by atoms with E-state index >= 15 is 0 Å². The van der Waals surface area contributed by atoms with Crippen LogP contribution in [0.15, 0.2) is 18.2 Å². The molecule has 5 heteroatoms. The van der Waals surface area contributed by atoms with Crippen LogP contribution in [-0.2, 0) is 6.54 Å². The van der Waals surface area contributed by atoms with E-state index in [4.69, 9.17) is 4.74 Å². The monoisotopic (exact) mass is 303 g/mol. The fraction of sp³-hybridized carbons (Fsp3) is 0.588. The quantitative estimate of drug-likeness (QED) is 0.839. The molecule has 0 unspecified atom stereocenters. The number of ether oxygens (including phenoxy) is 1. The molecule has 5 nitrogen and oxygen atoms in total. The van der Waals surface area contributed by atoms with Crippen molar-refractivity contribution >= 4 is 11.7 Å². The SMILES string of the molecule is CC1(C)CCN(C(=O)Nc2ccc3c(c2)CNCCO3)CC1. The van der Waals surface area contributed by atoms with Crippen LogP contribution in [0, 0.1) is 5.41 Å². The van der Waals surface area contributed by atoms with Crippen LogP contribution in [0.4, 0.5) is 10.5 Å². The maximum Gasteiger partial charge on any atom is 0.321 e. The minimum Gasteiger partial charge on any atom is -0.492 e. The van der Waals surface area contributed by atoms with Gasteiger partial charge in [-0.15, -0.1) is 0 Å². The molecule has 3 rings (SSSR count). The summed E-state index contributed by atoms with van der Waals surface area (Å²) in [6, 6.07) is 5.85. The molecule has 1 aromatic rings. The van der Waals surface area contributed by atoms with Gasteiger partial charge in [-0.3, -0.25) is 0 Å². The number of benzene rings is 1. The molecule has 0 bridgehead atoms. The molecular formula is C17H25N3O2. The van der Waals surface area contributed by atoms with Crippen molar-refractivity contribution in [1.82, 2.24) is 10.2 Å². The van der Waals surface area contributed by atoms with Crippen LogP contribution in [0.5, 0.6) is 5.75 Å². The third-order valence-corrected chi connectivity index (χ3v) is 4.57. The van der Waals surface area contributed by atoms with Gasteiger partial charge in [0.15, 0.2) is 0 Å². The molecule has 1 fully saturated rings. The molecule has 2 heterocycles. The molecule has 1 aromatic carbocycles. The Morgan fingerprint density at radius 1 is 1.32 bits per heavy atom. The van der Waals surface area contributed by atoms with Crippen LogP contribution in [0.25, 0.3) is 0 Å². The smallest absolute Gasteiger partial charge is 0.321 e. The predicted octanol–water partition coefficient (Wildman–Crippen LogP) is 2.82. The number of amides is 2. The van der Waals surface area contributed by atoms with E-state index in [1.165, 1.54) is 0 Å². The second-order valence-corrected chi connectivity index (χ2v) is 6.93. The molecule has 0 radical (unpaired) electrons. The van der Waals surface area contributed by atoms with Gasteiger partial charge in [-0.05, 0) is 36.5 Å². The fourth-order valence-electron chi connectivity index (χ4n) is 2.91. The number of nitrogens with one attached hydrogen (secondary N) is 2. The van der Waals surface area contributed by atoms with Gasteiger partial charge in [0.25, 0.3) is 0 Å². The van der Waals surface area contributed by atoms with Gasteiger partial charge in [0.05, 0.1) is 0 Å². The first kappa shape index (κ1) is 15.2. The lowest BCUT2D eigenvalue weighted by molar-refractivity contribution is 0.149. The lowest BCUT2D eigenvalue weighted by Crippen LogP contribution is -2.43. The summed E-state index contributed by atoms with van der Waals surface area (Å²) in [5.74, 6) is 0.905. The van der Waals surface area contributed by atoms with E-state index < -0.39 is 0 Å². The van der Waals surface area contributed by atoms with Crippen LogP contribution in [0.1, 0.15) is 32.3 Å². The molecule has 120 valence electrons. The summed E-state index contributed by atoms with van der Waals surface area (Å²) in [6.45, 7) is 8.49. The number of nitrogens with zero attached hydrogens (tertiary/aromatic N) is 1. The van der Waals surface area contributed by atoms with Gasteiger partial charge >= 0.3 is 6.03 Å². The standard InChI is InChI=1S/C17H25N3O2/c1-17(2)5-8-20(9-6-17)16(21)19-14-3-4-15-13(11-14)12-18-7-10-22-15/h3-4,11,18H,5-10,12H2,1-2H3,(H,19,21). The molecule has 0 atom stereocenters. The third kappa shape index (κ3) is 3.53. The Morgan fingerprint density at radius 3 is 2.86 bits per heavy atom. The van der Waals surface area contributed by atoms with E-state index in [1.54, 1.807) is 0 Å². The van der Waals surface area contributed by atoms with Crippen molar-refractivity contribution < 1.29 is 9.53 Å². The molecule has 2 N–H and O–H groups in total. The summed E-state index contributed by atoms with van der Waals surface area (Å²) < 4.78 is 5.66. The zero-order valence-electron chi connectivity index (χ0n) is 13.4. The highest BCUT2D eigenvalue weighted by Crippen LogP contribution is 2.30. The van der Waals surface area contributed by atoms with Crippen molar-refractivity contribution in [2.45, 2.75) is 33.2 Å². The van der Waals surface area contributed by atoms with Crippen LogP contribution in [-0.4, -0.2) is 37.2 Å². The number of urea groups is 1. The Balaban J connectivity index is 1.63. The molecule has 2 aliphatic heterocycles. The lowest BCUT2D eigenvalue weighted by atomic mass is 9.83. The maximum absolute atomic E-state index is 12.4. The molecule has 1 saturated heterocycles. The Kier molecular flexibility index (Phi) is 4.25. The van der Waals surface area contributed by atoms with Gasteiger partial charge in [0.1, 0.15) is 12.4 Å². The maximum atomic E-state index is 12.4. The number of hydrogen-bond acceptors (Lipinski definition) is 3. The minimum atomic E-state index is -0.00190. The first-order chi connectivity index (χ1) is 10.5. The molecule has 22 heavy (non-hydrogen) atoms. The van der Waals surface area contributed by atoms with Gasteiger partial charge in [-0.1, -0.05) is 13.8 Å². The number of carbonyl (C=O) groups excluding carboxylic acids is 1. The van der Waals surface area contributed by atoms with E-state index in [9.17, 15) is 4.79 Å². The van der Waals surface area contributed by atoms with Crippen LogP contribution < -0.4 is 15.4 Å². The molecular weight excluding hydrogens is 278 g/mol. The second kappa shape index (κ2) is 6.16. The summed E-state index contributed by atoms with van der Waals surface area (Å²) in [5.41, 5.74) is 2.28. The summed E-state index contributed by atoms with van der Waals surface area (Å²) >= 11 is 0. The molecule has 0 saturated carbocycles. The van der Waals surface area contributed by atoms with Gasteiger partial charge in [-0.25, -0.2) is 4.79 Å². The van der Waals surface area contributed by atoms with Crippen molar-refractivity contribution in [3.8, 4) is 5.75 Å². The number of carbonyl (C=O) groups is 1.